The molecular weight excluding hydrogens is 635 g/mol. The second-order valence-corrected chi connectivity index (χ2v) is 14.3. The van der Waals surface area contributed by atoms with Crippen molar-refractivity contribution < 1.29 is 0 Å². The number of benzene rings is 8. The molecule has 0 N–H and O–H groups in total. The second-order valence-electron chi connectivity index (χ2n) is 13.3. The van der Waals surface area contributed by atoms with Crippen LogP contribution in [-0.2, 0) is 5.41 Å². The Bertz CT molecular complexity index is 2630. The summed E-state index contributed by atoms with van der Waals surface area (Å²) in [6.45, 7) is 0. The van der Waals surface area contributed by atoms with Gasteiger partial charge in [-0.05, 0) is 87.0 Å². The summed E-state index contributed by atoms with van der Waals surface area (Å²) in [7, 11) is 0. The summed E-state index contributed by atoms with van der Waals surface area (Å²) in [5.41, 5.74) is 13.2. The highest BCUT2D eigenvalue weighted by molar-refractivity contribution is 7.26. The third-order valence-corrected chi connectivity index (χ3v) is 11.7. The molecule has 240 valence electrons. The van der Waals surface area contributed by atoms with Crippen LogP contribution in [0.15, 0.2) is 200 Å². The highest BCUT2D eigenvalue weighted by atomic mass is 32.1. The minimum atomic E-state index is -0.432. The maximum absolute atomic E-state index is 2.44. The van der Waals surface area contributed by atoms with Crippen molar-refractivity contribution in [2.24, 2.45) is 0 Å². The van der Waals surface area contributed by atoms with Gasteiger partial charge in [-0.25, -0.2) is 0 Å². The summed E-state index contributed by atoms with van der Waals surface area (Å²) < 4.78 is 2.59. The van der Waals surface area contributed by atoms with Gasteiger partial charge in [0.25, 0.3) is 0 Å². The van der Waals surface area contributed by atoms with Gasteiger partial charge in [0, 0.05) is 31.5 Å². The van der Waals surface area contributed by atoms with Gasteiger partial charge >= 0.3 is 0 Å². The van der Waals surface area contributed by atoms with Crippen molar-refractivity contribution in [3.63, 3.8) is 0 Å². The molecule has 1 aromatic heterocycles. The van der Waals surface area contributed by atoms with Crippen LogP contribution in [0.5, 0.6) is 0 Å². The normalized spacial score (nSPS) is 12.9. The van der Waals surface area contributed by atoms with Gasteiger partial charge in [0.1, 0.15) is 0 Å². The fourth-order valence-corrected chi connectivity index (χ4v) is 9.50. The van der Waals surface area contributed by atoms with Crippen LogP contribution in [0.4, 0.5) is 17.1 Å². The Hall–Kier alpha value is -6.22. The monoisotopic (exact) mass is 667 g/mol. The first-order valence-corrected chi connectivity index (χ1v) is 18.3. The van der Waals surface area contributed by atoms with Crippen LogP contribution in [0.2, 0.25) is 0 Å². The Morgan fingerprint density at radius 3 is 1.57 bits per heavy atom. The average Bonchev–Trinajstić information content (AvgIpc) is 3.74. The Morgan fingerprint density at radius 1 is 0.373 bits per heavy atom. The minimum absolute atomic E-state index is 0.432. The van der Waals surface area contributed by atoms with E-state index in [-0.39, 0.29) is 0 Å². The van der Waals surface area contributed by atoms with E-state index in [1.807, 2.05) is 11.3 Å². The minimum Gasteiger partial charge on any atom is -0.310 e. The molecule has 10 rings (SSSR count). The first kappa shape index (κ1) is 29.7. The van der Waals surface area contributed by atoms with Crippen molar-refractivity contribution in [1.29, 1.82) is 0 Å². The molecule has 51 heavy (non-hydrogen) atoms. The van der Waals surface area contributed by atoms with Crippen LogP contribution < -0.4 is 4.90 Å². The molecule has 1 nitrogen and oxygen atoms in total. The van der Waals surface area contributed by atoms with Crippen LogP contribution in [-0.4, -0.2) is 0 Å². The molecule has 0 unspecified atom stereocenters. The van der Waals surface area contributed by atoms with Crippen molar-refractivity contribution in [2.45, 2.75) is 5.41 Å². The fourth-order valence-electron chi connectivity index (χ4n) is 8.38. The van der Waals surface area contributed by atoms with E-state index in [9.17, 15) is 0 Å². The standard InChI is InChI=1S/C49H33NS/c1-3-14-34(15-4-1)35-26-30-38(31-27-35)50(45-23-13-25-47-48(45)42-20-9-12-24-46(42)51-47)39-32-28-37(29-33-39)49(36-16-5-2-6-17-36)43-21-10-7-18-40(43)41-19-8-11-22-44(41)49/h1-33H. The number of nitrogens with zero attached hydrogens (tertiary/aromatic N) is 1. The lowest BCUT2D eigenvalue weighted by molar-refractivity contribution is 0.768. The molecule has 1 aliphatic rings. The highest BCUT2D eigenvalue weighted by Crippen LogP contribution is 2.56. The predicted octanol–water partition coefficient (Wildman–Crippen LogP) is 13.6. The van der Waals surface area contributed by atoms with E-state index in [1.165, 1.54) is 70.4 Å². The molecule has 9 aromatic rings. The summed E-state index contributed by atoms with van der Waals surface area (Å²) in [6.07, 6.45) is 0. The van der Waals surface area contributed by atoms with E-state index in [0.29, 0.717) is 0 Å². The number of thiophene rings is 1. The van der Waals surface area contributed by atoms with Crippen LogP contribution in [0, 0.1) is 0 Å². The molecule has 0 spiro atoms. The van der Waals surface area contributed by atoms with Crippen LogP contribution >= 0.6 is 11.3 Å². The molecule has 0 fully saturated rings. The number of hydrogen-bond acceptors (Lipinski definition) is 2. The largest absolute Gasteiger partial charge is 0.310 e. The number of fused-ring (bicyclic) bond motifs is 6. The molecule has 0 saturated carbocycles. The summed E-state index contributed by atoms with van der Waals surface area (Å²) >= 11 is 1.86. The van der Waals surface area contributed by atoms with Crippen molar-refractivity contribution in [3.8, 4) is 22.3 Å². The predicted molar refractivity (Wildman–Crippen MR) is 217 cm³/mol. The molecule has 0 aliphatic heterocycles. The number of hydrogen-bond donors (Lipinski definition) is 0. The van der Waals surface area contributed by atoms with Gasteiger partial charge < -0.3 is 4.90 Å². The fraction of sp³-hybridized carbons (Fsp3) is 0.0204. The molecule has 8 aromatic carbocycles. The Labute approximate surface area is 302 Å². The highest BCUT2D eigenvalue weighted by Gasteiger charge is 2.45. The van der Waals surface area contributed by atoms with Gasteiger partial charge in [-0.3, -0.25) is 0 Å². The van der Waals surface area contributed by atoms with Crippen LogP contribution in [0.1, 0.15) is 22.3 Å². The van der Waals surface area contributed by atoms with E-state index in [2.05, 4.69) is 205 Å². The summed E-state index contributed by atoms with van der Waals surface area (Å²) in [5, 5.41) is 2.58. The van der Waals surface area contributed by atoms with Crippen molar-refractivity contribution in [3.05, 3.63) is 222 Å². The van der Waals surface area contributed by atoms with Crippen LogP contribution in [0.3, 0.4) is 0 Å². The van der Waals surface area contributed by atoms with Gasteiger partial charge in [-0.15, -0.1) is 11.3 Å². The van der Waals surface area contributed by atoms with E-state index in [4.69, 9.17) is 0 Å². The lowest BCUT2D eigenvalue weighted by Gasteiger charge is -2.34. The molecule has 0 bridgehead atoms. The average molecular weight is 668 g/mol. The van der Waals surface area contributed by atoms with Gasteiger partial charge in [0.15, 0.2) is 0 Å². The lowest BCUT2D eigenvalue weighted by Crippen LogP contribution is -2.28. The maximum atomic E-state index is 2.44. The van der Waals surface area contributed by atoms with Crippen LogP contribution in [0.25, 0.3) is 42.4 Å². The third-order valence-electron chi connectivity index (χ3n) is 10.6. The lowest BCUT2D eigenvalue weighted by atomic mass is 9.68. The summed E-state index contributed by atoms with van der Waals surface area (Å²) in [4.78, 5) is 2.44. The zero-order chi connectivity index (χ0) is 33.8. The van der Waals surface area contributed by atoms with E-state index >= 15 is 0 Å². The molecule has 2 heteroatoms. The second kappa shape index (κ2) is 12.0. The molecule has 1 aliphatic carbocycles. The number of rotatable bonds is 6. The van der Waals surface area contributed by atoms with Gasteiger partial charge in [0.05, 0.1) is 11.1 Å². The van der Waals surface area contributed by atoms with E-state index in [1.54, 1.807) is 0 Å². The summed E-state index contributed by atoms with van der Waals surface area (Å²) in [6, 6.07) is 73.4. The molecule has 0 amide bonds. The Kier molecular flexibility index (Phi) is 6.97. The SMILES string of the molecule is c1ccc(-c2ccc(N(c3ccc(C4(c5ccccc5)c5ccccc5-c5ccccc54)cc3)c3cccc4sc5ccccc5c34)cc2)cc1. The Morgan fingerprint density at radius 2 is 0.882 bits per heavy atom. The topological polar surface area (TPSA) is 3.24 Å². The zero-order valence-corrected chi connectivity index (χ0v) is 28.7. The van der Waals surface area contributed by atoms with Gasteiger partial charge in [0.2, 0.25) is 0 Å². The first-order chi connectivity index (χ1) is 25.3. The van der Waals surface area contributed by atoms with E-state index < -0.39 is 5.41 Å². The Balaban J connectivity index is 1.18. The van der Waals surface area contributed by atoms with Gasteiger partial charge in [-0.2, -0.15) is 0 Å². The molecule has 0 saturated heterocycles. The number of anilines is 3. The molecule has 1 heterocycles. The first-order valence-electron chi connectivity index (χ1n) is 17.5. The van der Waals surface area contributed by atoms with Crippen molar-refractivity contribution >= 4 is 48.6 Å². The van der Waals surface area contributed by atoms with Crippen molar-refractivity contribution in [2.75, 3.05) is 4.90 Å². The van der Waals surface area contributed by atoms with E-state index in [0.717, 1.165) is 11.4 Å². The molecule has 0 atom stereocenters. The summed E-state index contributed by atoms with van der Waals surface area (Å²) in [5.74, 6) is 0. The maximum Gasteiger partial charge on any atom is 0.0713 e. The van der Waals surface area contributed by atoms with Gasteiger partial charge in [-0.1, -0.05) is 158 Å². The van der Waals surface area contributed by atoms with Crippen molar-refractivity contribution in [1.82, 2.24) is 0 Å². The smallest absolute Gasteiger partial charge is 0.0713 e. The molecular formula is C49H33NS. The zero-order valence-electron chi connectivity index (χ0n) is 27.9. The quantitative estimate of drug-likeness (QED) is 0.171. The third kappa shape index (κ3) is 4.61. The molecule has 0 radical (unpaired) electrons.